The number of Topliss-reactive ketones (excluding diaryl/α,β-unsaturated/α-hetero) is 1. The molecule has 2 aliphatic rings. The number of hydrogen-bond donors (Lipinski definition) is 0. The van der Waals surface area contributed by atoms with Gasteiger partial charge in [0.15, 0.2) is 5.78 Å². The first-order valence-electron chi connectivity index (χ1n) is 7.30. The van der Waals surface area contributed by atoms with Crippen molar-refractivity contribution in [2.75, 3.05) is 53.0 Å². The van der Waals surface area contributed by atoms with Gasteiger partial charge in [-0.3, -0.25) is 19.3 Å². The average Bonchev–Trinajstić information content (AvgIpc) is 2.53. The molecule has 0 aromatic heterocycles. The molecule has 7 heteroatoms. The average molecular weight is 298 g/mol. The lowest BCUT2D eigenvalue weighted by Crippen LogP contribution is -2.48. The highest BCUT2D eigenvalue weighted by molar-refractivity contribution is 6.00. The molecule has 2 fully saturated rings. The standard InChI is InChI=1S/C14H22N2O5/c1-20-14(19)11-10-16(5-2-12(11)17)13(18)3-4-15-6-8-21-9-7-15/h11H,2-10H2,1H3. The van der Waals surface area contributed by atoms with E-state index in [0.29, 0.717) is 32.7 Å². The second-order valence-electron chi connectivity index (χ2n) is 5.34. The van der Waals surface area contributed by atoms with Crippen molar-refractivity contribution in [2.24, 2.45) is 5.92 Å². The van der Waals surface area contributed by atoms with Gasteiger partial charge in [-0.25, -0.2) is 0 Å². The first-order valence-corrected chi connectivity index (χ1v) is 7.30. The Morgan fingerprint density at radius 3 is 2.67 bits per heavy atom. The van der Waals surface area contributed by atoms with Crippen molar-refractivity contribution in [3.63, 3.8) is 0 Å². The third-order valence-corrected chi connectivity index (χ3v) is 4.00. The molecular weight excluding hydrogens is 276 g/mol. The van der Waals surface area contributed by atoms with Crippen molar-refractivity contribution >= 4 is 17.7 Å². The molecule has 7 nitrogen and oxygen atoms in total. The summed E-state index contributed by atoms with van der Waals surface area (Å²) < 4.78 is 9.88. The Kier molecular flexibility index (Phi) is 5.69. The maximum Gasteiger partial charge on any atom is 0.318 e. The zero-order valence-electron chi connectivity index (χ0n) is 12.4. The molecule has 2 aliphatic heterocycles. The highest BCUT2D eigenvalue weighted by atomic mass is 16.5. The lowest BCUT2D eigenvalue weighted by atomic mass is 9.96. The second-order valence-corrected chi connectivity index (χ2v) is 5.34. The van der Waals surface area contributed by atoms with E-state index in [2.05, 4.69) is 9.64 Å². The van der Waals surface area contributed by atoms with Crippen LogP contribution < -0.4 is 0 Å². The zero-order chi connectivity index (χ0) is 15.2. The molecule has 118 valence electrons. The van der Waals surface area contributed by atoms with Crippen molar-refractivity contribution in [3.05, 3.63) is 0 Å². The van der Waals surface area contributed by atoms with Crippen molar-refractivity contribution < 1.29 is 23.9 Å². The molecule has 0 aromatic carbocycles. The molecule has 0 radical (unpaired) electrons. The van der Waals surface area contributed by atoms with Crippen LogP contribution in [-0.2, 0) is 23.9 Å². The number of carbonyl (C=O) groups excluding carboxylic acids is 3. The third kappa shape index (κ3) is 4.25. The minimum absolute atomic E-state index is 0.0112. The molecule has 1 amide bonds. The minimum Gasteiger partial charge on any atom is -0.468 e. The molecular formula is C14H22N2O5. The number of ketones is 1. The highest BCUT2D eigenvalue weighted by Gasteiger charge is 2.35. The lowest BCUT2D eigenvalue weighted by Gasteiger charge is -2.32. The van der Waals surface area contributed by atoms with Crippen LogP contribution in [0.25, 0.3) is 0 Å². The number of likely N-dealkylation sites (tertiary alicyclic amines) is 1. The van der Waals surface area contributed by atoms with Crippen molar-refractivity contribution in [2.45, 2.75) is 12.8 Å². The number of carbonyl (C=O) groups is 3. The van der Waals surface area contributed by atoms with E-state index in [4.69, 9.17) is 4.74 Å². The van der Waals surface area contributed by atoms with Crippen LogP contribution >= 0.6 is 0 Å². The molecule has 0 saturated carbocycles. The van der Waals surface area contributed by atoms with Crippen LogP contribution in [0.4, 0.5) is 0 Å². The topological polar surface area (TPSA) is 76.2 Å². The van der Waals surface area contributed by atoms with E-state index in [-0.39, 0.29) is 24.7 Å². The Balaban J connectivity index is 1.81. The second kappa shape index (κ2) is 7.51. The highest BCUT2D eigenvalue weighted by Crippen LogP contribution is 2.15. The number of nitrogens with zero attached hydrogens (tertiary/aromatic N) is 2. The maximum absolute atomic E-state index is 12.2. The van der Waals surface area contributed by atoms with Crippen LogP contribution in [0, 0.1) is 5.92 Å². The first-order chi connectivity index (χ1) is 10.1. The number of methoxy groups -OCH3 is 1. The van der Waals surface area contributed by atoms with Crippen molar-refractivity contribution in [1.82, 2.24) is 9.80 Å². The maximum atomic E-state index is 12.2. The Morgan fingerprint density at radius 2 is 2.00 bits per heavy atom. The van der Waals surface area contributed by atoms with E-state index in [0.717, 1.165) is 13.1 Å². The molecule has 1 atom stereocenters. The summed E-state index contributed by atoms with van der Waals surface area (Å²) in [7, 11) is 1.26. The zero-order valence-corrected chi connectivity index (χ0v) is 12.4. The fourth-order valence-corrected chi connectivity index (χ4v) is 2.64. The monoisotopic (exact) mass is 298 g/mol. The van der Waals surface area contributed by atoms with E-state index in [1.165, 1.54) is 7.11 Å². The predicted octanol–water partition coefficient (Wildman–Crippen LogP) is -0.701. The number of piperidine rings is 1. The van der Waals surface area contributed by atoms with Crippen molar-refractivity contribution in [1.29, 1.82) is 0 Å². The first kappa shape index (κ1) is 15.9. The fraction of sp³-hybridized carbons (Fsp3) is 0.786. The Morgan fingerprint density at radius 1 is 1.29 bits per heavy atom. The largest absolute Gasteiger partial charge is 0.468 e. The van der Waals surface area contributed by atoms with Gasteiger partial charge in [-0.2, -0.15) is 0 Å². The van der Waals surface area contributed by atoms with Gasteiger partial charge in [0.1, 0.15) is 5.92 Å². The quantitative estimate of drug-likeness (QED) is 0.504. The summed E-state index contributed by atoms with van der Waals surface area (Å²) in [6.45, 7) is 4.33. The molecule has 0 N–H and O–H groups in total. The van der Waals surface area contributed by atoms with Gasteiger partial charge in [-0.05, 0) is 0 Å². The number of rotatable bonds is 4. The van der Waals surface area contributed by atoms with Crippen LogP contribution in [0.5, 0.6) is 0 Å². The van der Waals surface area contributed by atoms with Crippen LogP contribution in [0.15, 0.2) is 0 Å². The minimum atomic E-state index is -0.823. The van der Waals surface area contributed by atoms with Gasteiger partial charge < -0.3 is 14.4 Å². The van der Waals surface area contributed by atoms with E-state index in [1.54, 1.807) is 4.90 Å². The van der Waals surface area contributed by atoms with Gasteiger partial charge in [-0.15, -0.1) is 0 Å². The van der Waals surface area contributed by atoms with Gasteiger partial charge in [-0.1, -0.05) is 0 Å². The van der Waals surface area contributed by atoms with E-state index < -0.39 is 11.9 Å². The molecule has 0 aromatic rings. The number of hydrogen-bond acceptors (Lipinski definition) is 6. The lowest BCUT2D eigenvalue weighted by molar-refractivity contribution is -0.153. The summed E-state index contributed by atoms with van der Waals surface area (Å²) in [6.07, 6.45) is 0.630. The predicted molar refractivity (Wildman–Crippen MR) is 73.6 cm³/mol. The van der Waals surface area contributed by atoms with E-state index in [1.807, 2.05) is 0 Å². The summed E-state index contributed by atoms with van der Waals surface area (Å²) in [5, 5.41) is 0. The van der Waals surface area contributed by atoms with E-state index in [9.17, 15) is 14.4 Å². The van der Waals surface area contributed by atoms with Crippen LogP contribution in [-0.4, -0.2) is 80.5 Å². The third-order valence-electron chi connectivity index (χ3n) is 4.00. The molecule has 2 saturated heterocycles. The van der Waals surface area contributed by atoms with Gasteiger partial charge in [0, 0.05) is 45.6 Å². The smallest absolute Gasteiger partial charge is 0.318 e. The molecule has 2 heterocycles. The molecule has 21 heavy (non-hydrogen) atoms. The Hall–Kier alpha value is -1.47. The van der Waals surface area contributed by atoms with Gasteiger partial charge in [0.05, 0.1) is 20.3 Å². The molecule has 0 spiro atoms. The van der Waals surface area contributed by atoms with Crippen LogP contribution in [0.2, 0.25) is 0 Å². The summed E-state index contributed by atoms with van der Waals surface area (Å²) >= 11 is 0. The SMILES string of the molecule is COC(=O)C1CN(C(=O)CCN2CCOCC2)CCC1=O. The summed E-state index contributed by atoms with van der Waals surface area (Å²) in [6, 6.07) is 0. The number of morpholine rings is 1. The fourth-order valence-electron chi connectivity index (χ4n) is 2.64. The van der Waals surface area contributed by atoms with E-state index >= 15 is 0 Å². The number of ether oxygens (including phenoxy) is 2. The van der Waals surface area contributed by atoms with Crippen LogP contribution in [0.1, 0.15) is 12.8 Å². The van der Waals surface area contributed by atoms with Gasteiger partial charge in [0.2, 0.25) is 5.91 Å². The summed E-state index contributed by atoms with van der Waals surface area (Å²) in [4.78, 5) is 39.3. The molecule has 0 aliphatic carbocycles. The number of amides is 1. The van der Waals surface area contributed by atoms with Crippen molar-refractivity contribution in [3.8, 4) is 0 Å². The summed E-state index contributed by atoms with van der Waals surface area (Å²) in [5.74, 6) is -1.52. The van der Waals surface area contributed by atoms with Gasteiger partial charge >= 0.3 is 5.97 Å². The number of esters is 1. The Labute approximate surface area is 124 Å². The normalized spacial score (nSPS) is 24.0. The van der Waals surface area contributed by atoms with Gasteiger partial charge in [0.25, 0.3) is 0 Å². The molecule has 1 unspecified atom stereocenters. The summed E-state index contributed by atoms with van der Waals surface area (Å²) in [5.41, 5.74) is 0. The van der Waals surface area contributed by atoms with Crippen LogP contribution in [0.3, 0.4) is 0 Å². The Bertz CT molecular complexity index is 398. The molecule has 0 bridgehead atoms. The molecule has 2 rings (SSSR count).